The van der Waals surface area contributed by atoms with E-state index in [1.807, 2.05) is 0 Å². The van der Waals surface area contributed by atoms with E-state index in [0.29, 0.717) is 17.9 Å². The van der Waals surface area contributed by atoms with Gasteiger partial charge in [-0.05, 0) is 43.9 Å². The van der Waals surface area contributed by atoms with Crippen LogP contribution in [0.1, 0.15) is 35.2 Å². The lowest BCUT2D eigenvalue weighted by molar-refractivity contribution is 0.0200. The Morgan fingerprint density at radius 2 is 2.12 bits per heavy atom. The molecule has 25 heavy (non-hydrogen) atoms. The highest BCUT2D eigenvalue weighted by molar-refractivity contribution is 7.89. The van der Waals surface area contributed by atoms with Crippen molar-refractivity contribution in [1.82, 2.24) is 10.0 Å². The average molecular weight is 392 g/mol. The fourth-order valence-electron chi connectivity index (χ4n) is 2.54. The monoisotopic (exact) mass is 391 g/mol. The number of hydrogen-bond donors (Lipinski definition) is 3. The van der Waals surface area contributed by atoms with Gasteiger partial charge in [0.05, 0.1) is 11.9 Å². The molecular weight excluding hydrogens is 366 g/mol. The number of benzene rings is 1. The molecule has 0 aliphatic carbocycles. The van der Waals surface area contributed by atoms with Crippen molar-refractivity contribution in [3.63, 3.8) is 0 Å². The number of nitrogens with two attached hydrogens (primary N) is 1. The van der Waals surface area contributed by atoms with E-state index < -0.39 is 10.0 Å². The van der Waals surface area contributed by atoms with Crippen LogP contribution in [0.3, 0.4) is 0 Å². The molecule has 4 N–H and O–H groups in total. The summed E-state index contributed by atoms with van der Waals surface area (Å²) in [5.74, 6) is -0.502. The van der Waals surface area contributed by atoms with Gasteiger partial charge in [-0.25, -0.2) is 13.1 Å². The van der Waals surface area contributed by atoms with E-state index in [1.54, 1.807) is 25.1 Å². The second kappa shape index (κ2) is 9.96. The first-order chi connectivity index (χ1) is 11.4. The van der Waals surface area contributed by atoms with Gasteiger partial charge in [-0.3, -0.25) is 4.79 Å². The maximum atomic E-state index is 12.1. The number of halogens is 1. The van der Waals surface area contributed by atoms with Crippen LogP contribution in [0.5, 0.6) is 0 Å². The smallest absolute Gasteiger partial charge is 0.251 e. The molecule has 0 radical (unpaired) electrons. The molecule has 1 amide bonds. The van der Waals surface area contributed by atoms with Gasteiger partial charge in [0.15, 0.2) is 0 Å². The Labute approximate surface area is 155 Å². The van der Waals surface area contributed by atoms with Crippen molar-refractivity contribution in [2.45, 2.75) is 32.3 Å². The van der Waals surface area contributed by atoms with Crippen LogP contribution in [0.25, 0.3) is 0 Å². The van der Waals surface area contributed by atoms with Crippen molar-refractivity contribution in [2.75, 3.05) is 31.2 Å². The molecule has 7 nitrogen and oxygen atoms in total. The molecule has 9 heteroatoms. The van der Waals surface area contributed by atoms with Gasteiger partial charge in [-0.2, -0.15) is 0 Å². The molecule has 142 valence electrons. The SMILES string of the molecule is Cc1ccc(N)cc1C(=O)NCCS(=O)(=O)NCC1CCCCO1.Cl. The average Bonchev–Trinajstić information content (AvgIpc) is 2.56. The van der Waals surface area contributed by atoms with Crippen LogP contribution < -0.4 is 15.8 Å². The number of anilines is 1. The summed E-state index contributed by atoms with van der Waals surface area (Å²) in [6, 6.07) is 5.05. The van der Waals surface area contributed by atoms with Gasteiger partial charge < -0.3 is 15.8 Å². The Balaban J connectivity index is 0.00000312. The number of sulfonamides is 1. The molecule has 1 aliphatic heterocycles. The summed E-state index contributed by atoms with van der Waals surface area (Å²) >= 11 is 0. The summed E-state index contributed by atoms with van der Waals surface area (Å²) in [6.45, 7) is 2.80. The highest BCUT2D eigenvalue weighted by Crippen LogP contribution is 2.13. The van der Waals surface area contributed by atoms with E-state index in [0.717, 1.165) is 24.8 Å². The van der Waals surface area contributed by atoms with Gasteiger partial charge in [0.25, 0.3) is 5.91 Å². The topological polar surface area (TPSA) is 111 Å². The van der Waals surface area contributed by atoms with Crippen LogP contribution in [0.4, 0.5) is 5.69 Å². The first-order valence-corrected chi connectivity index (χ1v) is 9.76. The zero-order chi connectivity index (χ0) is 17.6. The molecule has 0 spiro atoms. The Bertz CT molecular complexity index is 676. The van der Waals surface area contributed by atoms with E-state index >= 15 is 0 Å². The molecule has 0 saturated carbocycles. The van der Waals surface area contributed by atoms with E-state index in [9.17, 15) is 13.2 Å². The van der Waals surface area contributed by atoms with Gasteiger partial charge in [-0.1, -0.05) is 6.07 Å². The molecule has 1 unspecified atom stereocenters. The molecule has 1 aromatic carbocycles. The fourth-order valence-corrected chi connectivity index (χ4v) is 3.49. The minimum atomic E-state index is -3.45. The minimum absolute atomic E-state index is 0. The number of carbonyl (C=O) groups is 1. The lowest BCUT2D eigenvalue weighted by Gasteiger charge is -2.22. The summed E-state index contributed by atoms with van der Waals surface area (Å²) in [5.41, 5.74) is 7.41. The normalized spacial score (nSPS) is 17.6. The Morgan fingerprint density at radius 3 is 2.80 bits per heavy atom. The fraction of sp³-hybridized carbons (Fsp3) is 0.562. The molecule has 1 aromatic rings. The van der Waals surface area contributed by atoms with Crippen LogP contribution in [0, 0.1) is 6.92 Å². The number of aryl methyl sites for hydroxylation is 1. The highest BCUT2D eigenvalue weighted by Gasteiger charge is 2.18. The molecule has 1 atom stereocenters. The van der Waals surface area contributed by atoms with Crippen molar-refractivity contribution in [3.05, 3.63) is 29.3 Å². The van der Waals surface area contributed by atoms with Crippen molar-refractivity contribution in [1.29, 1.82) is 0 Å². The van der Waals surface area contributed by atoms with Crippen LogP contribution in [-0.2, 0) is 14.8 Å². The van der Waals surface area contributed by atoms with Gasteiger partial charge >= 0.3 is 0 Å². The van der Waals surface area contributed by atoms with Crippen molar-refractivity contribution >= 4 is 34.0 Å². The van der Waals surface area contributed by atoms with Crippen molar-refractivity contribution in [3.8, 4) is 0 Å². The summed E-state index contributed by atoms with van der Waals surface area (Å²) in [7, 11) is -3.45. The first kappa shape index (κ1) is 21.7. The predicted octanol–water partition coefficient (Wildman–Crippen LogP) is 1.22. The molecule has 0 aromatic heterocycles. The van der Waals surface area contributed by atoms with E-state index in [-0.39, 0.29) is 43.3 Å². The number of hydrogen-bond acceptors (Lipinski definition) is 5. The number of rotatable bonds is 7. The predicted molar refractivity (Wildman–Crippen MR) is 101 cm³/mol. The summed E-state index contributed by atoms with van der Waals surface area (Å²) in [4.78, 5) is 12.1. The van der Waals surface area contributed by atoms with E-state index in [4.69, 9.17) is 10.5 Å². The van der Waals surface area contributed by atoms with Crippen LogP contribution in [-0.4, -0.2) is 45.9 Å². The van der Waals surface area contributed by atoms with E-state index in [2.05, 4.69) is 10.0 Å². The molecule has 1 fully saturated rings. The molecular formula is C16H26ClN3O4S. The lowest BCUT2D eigenvalue weighted by Crippen LogP contribution is -2.39. The number of carbonyl (C=O) groups excluding carboxylic acids is 1. The number of ether oxygens (including phenoxy) is 1. The number of amides is 1. The van der Waals surface area contributed by atoms with Crippen molar-refractivity contribution in [2.24, 2.45) is 0 Å². The number of nitrogens with one attached hydrogen (secondary N) is 2. The summed E-state index contributed by atoms with van der Waals surface area (Å²) in [6.07, 6.45) is 2.90. The highest BCUT2D eigenvalue weighted by atomic mass is 35.5. The van der Waals surface area contributed by atoms with Gasteiger partial charge in [-0.15, -0.1) is 12.4 Å². The lowest BCUT2D eigenvalue weighted by atomic mass is 10.1. The Kier molecular flexibility index (Phi) is 8.64. The van der Waals surface area contributed by atoms with E-state index in [1.165, 1.54) is 0 Å². The first-order valence-electron chi connectivity index (χ1n) is 8.10. The third-order valence-electron chi connectivity index (χ3n) is 3.97. The Hall–Kier alpha value is -1.35. The Morgan fingerprint density at radius 1 is 1.36 bits per heavy atom. The third-order valence-corrected chi connectivity index (χ3v) is 5.32. The zero-order valence-electron chi connectivity index (χ0n) is 14.3. The molecule has 0 bridgehead atoms. The van der Waals surface area contributed by atoms with Gasteiger partial charge in [0, 0.05) is 30.9 Å². The minimum Gasteiger partial charge on any atom is -0.399 e. The molecule has 1 heterocycles. The van der Waals surface area contributed by atoms with Crippen molar-refractivity contribution < 1.29 is 17.9 Å². The molecule has 2 rings (SSSR count). The standard InChI is InChI=1S/C16H25N3O4S.ClH/c1-12-5-6-13(17)10-15(12)16(20)18-7-9-24(21,22)19-11-14-4-2-3-8-23-14;/h5-6,10,14,19H,2-4,7-9,11,17H2,1H3,(H,18,20);1H. The second-order valence-corrected chi connectivity index (χ2v) is 7.91. The summed E-state index contributed by atoms with van der Waals surface area (Å²) in [5, 5.41) is 2.62. The van der Waals surface area contributed by atoms with Crippen LogP contribution in [0.2, 0.25) is 0 Å². The zero-order valence-corrected chi connectivity index (χ0v) is 15.9. The van der Waals surface area contributed by atoms with Crippen LogP contribution in [0.15, 0.2) is 18.2 Å². The number of nitrogen functional groups attached to an aromatic ring is 1. The van der Waals surface area contributed by atoms with Gasteiger partial charge in [0.1, 0.15) is 0 Å². The quantitative estimate of drug-likeness (QED) is 0.605. The maximum Gasteiger partial charge on any atom is 0.251 e. The second-order valence-electron chi connectivity index (χ2n) is 5.99. The maximum absolute atomic E-state index is 12.1. The third kappa shape index (κ3) is 7.19. The molecule has 1 saturated heterocycles. The van der Waals surface area contributed by atoms with Crippen LogP contribution >= 0.6 is 12.4 Å². The largest absolute Gasteiger partial charge is 0.399 e. The summed E-state index contributed by atoms with van der Waals surface area (Å²) < 4.78 is 32.0. The molecule has 1 aliphatic rings. The van der Waals surface area contributed by atoms with Gasteiger partial charge in [0.2, 0.25) is 10.0 Å².